The van der Waals surface area contributed by atoms with E-state index in [9.17, 15) is 10.2 Å². The highest BCUT2D eigenvalue weighted by Gasteiger charge is 2.16. The summed E-state index contributed by atoms with van der Waals surface area (Å²) in [7, 11) is 0. The molecule has 0 aliphatic heterocycles. The molecule has 0 aliphatic carbocycles. The Hall–Kier alpha value is -1.59. The average Bonchev–Trinajstić information content (AvgIpc) is 2.79. The molecule has 2 atom stereocenters. The van der Waals surface area contributed by atoms with E-state index >= 15 is 0 Å². The van der Waals surface area contributed by atoms with E-state index in [1.807, 2.05) is 27.0 Å². The summed E-state index contributed by atoms with van der Waals surface area (Å²) in [4.78, 5) is 5.52. The maximum atomic E-state index is 9.83. The molecular weight excluding hydrogens is 260 g/mol. The molecule has 2 rings (SSSR count). The molecule has 1 heterocycles. The van der Waals surface area contributed by atoms with Crippen molar-refractivity contribution in [2.45, 2.75) is 32.9 Å². The smallest absolute Gasteiger partial charge is 0.120 e. The molecule has 0 spiro atoms. The number of nitrogens with one attached hydrogen (secondary N) is 1. The molecule has 3 N–H and O–H groups in total. The molecule has 4 nitrogen and oxygen atoms in total. The molecule has 1 aromatic heterocycles. The lowest BCUT2D eigenvalue weighted by Crippen LogP contribution is -2.22. The molecule has 0 fully saturated rings. The van der Waals surface area contributed by atoms with Crippen molar-refractivity contribution in [3.8, 4) is 11.5 Å². The molecule has 2 aromatic rings. The Morgan fingerprint density at radius 3 is 2.58 bits per heavy atom. The molecular formula is C14H18N2O2S. The van der Waals surface area contributed by atoms with Crippen LogP contribution in [0.3, 0.4) is 0 Å². The highest BCUT2D eigenvalue weighted by Crippen LogP contribution is 2.30. The molecule has 102 valence electrons. The molecule has 0 aliphatic rings. The van der Waals surface area contributed by atoms with Crippen LogP contribution in [0.25, 0.3) is 0 Å². The van der Waals surface area contributed by atoms with Gasteiger partial charge in [0.05, 0.1) is 6.04 Å². The van der Waals surface area contributed by atoms with Gasteiger partial charge in [0.15, 0.2) is 0 Å². The SMILES string of the molecule is Cc1cnc(C(C)NC(C)c2cc(O)ccc2O)s1. The van der Waals surface area contributed by atoms with Gasteiger partial charge >= 0.3 is 0 Å². The summed E-state index contributed by atoms with van der Waals surface area (Å²) >= 11 is 1.65. The van der Waals surface area contributed by atoms with Crippen LogP contribution >= 0.6 is 11.3 Å². The number of thiazole rings is 1. The van der Waals surface area contributed by atoms with Crippen LogP contribution in [0.5, 0.6) is 11.5 Å². The molecule has 19 heavy (non-hydrogen) atoms. The molecule has 0 amide bonds. The number of aryl methyl sites for hydroxylation is 1. The highest BCUT2D eigenvalue weighted by molar-refractivity contribution is 7.11. The van der Waals surface area contributed by atoms with E-state index in [1.54, 1.807) is 17.4 Å². The molecule has 2 unspecified atom stereocenters. The maximum Gasteiger partial charge on any atom is 0.120 e. The zero-order valence-corrected chi connectivity index (χ0v) is 12.0. The second-order valence-corrected chi connectivity index (χ2v) is 5.93. The Bertz CT molecular complexity index is 568. The van der Waals surface area contributed by atoms with Crippen LogP contribution in [0.4, 0.5) is 0 Å². The molecule has 0 radical (unpaired) electrons. The van der Waals surface area contributed by atoms with Crippen LogP contribution in [0, 0.1) is 6.92 Å². The van der Waals surface area contributed by atoms with E-state index < -0.39 is 0 Å². The minimum Gasteiger partial charge on any atom is -0.508 e. The van der Waals surface area contributed by atoms with E-state index in [0.29, 0.717) is 5.56 Å². The van der Waals surface area contributed by atoms with Gasteiger partial charge in [-0.15, -0.1) is 11.3 Å². The minimum absolute atomic E-state index is 0.0775. The van der Waals surface area contributed by atoms with Crippen LogP contribution in [0.15, 0.2) is 24.4 Å². The summed E-state index contributed by atoms with van der Waals surface area (Å²) in [5, 5.41) is 23.7. The van der Waals surface area contributed by atoms with Crippen LogP contribution in [-0.2, 0) is 0 Å². The monoisotopic (exact) mass is 278 g/mol. The Morgan fingerprint density at radius 1 is 1.21 bits per heavy atom. The highest BCUT2D eigenvalue weighted by atomic mass is 32.1. The zero-order valence-electron chi connectivity index (χ0n) is 11.2. The normalized spacial score (nSPS) is 14.3. The number of aromatic hydroxyl groups is 2. The van der Waals surface area contributed by atoms with E-state index in [-0.39, 0.29) is 23.6 Å². The molecule has 1 aromatic carbocycles. The first-order valence-corrected chi connectivity index (χ1v) is 6.99. The van der Waals surface area contributed by atoms with Crippen molar-refractivity contribution in [3.05, 3.63) is 39.8 Å². The Morgan fingerprint density at radius 2 is 1.95 bits per heavy atom. The van der Waals surface area contributed by atoms with Gasteiger partial charge in [-0.3, -0.25) is 0 Å². The number of nitrogens with zero attached hydrogens (tertiary/aromatic N) is 1. The summed E-state index contributed by atoms with van der Waals surface area (Å²) in [5.74, 6) is 0.333. The van der Waals surface area contributed by atoms with Crippen molar-refractivity contribution in [2.75, 3.05) is 0 Å². The van der Waals surface area contributed by atoms with Crippen LogP contribution in [0.2, 0.25) is 0 Å². The van der Waals surface area contributed by atoms with Crippen LogP contribution in [0.1, 0.15) is 41.4 Å². The Labute approximate surface area is 116 Å². The number of hydrogen-bond donors (Lipinski definition) is 3. The lowest BCUT2D eigenvalue weighted by molar-refractivity contribution is 0.429. The summed E-state index contributed by atoms with van der Waals surface area (Å²) in [6.45, 7) is 6.01. The minimum atomic E-state index is -0.0775. The van der Waals surface area contributed by atoms with Gasteiger partial charge < -0.3 is 15.5 Å². The van der Waals surface area contributed by atoms with Gasteiger partial charge in [0, 0.05) is 22.7 Å². The predicted molar refractivity (Wildman–Crippen MR) is 76.6 cm³/mol. The lowest BCUT2D eigenvalue weighted by atomic mass is 10.1. The van der Waals surface area contributed by atoms with Gasteiger partial charge in [0.25, 0.3) is 0 Å². The maximum absolute atomic E-state index is 9.83. The molecule has 0 bridgehead atoms. The van der Waals surface area contributed by atoms with E-state index in [1.165, 1.54) is 17.0 Å². The number of hydrogen-bond acceptors (Lipinski definition) is 5. The number of benzene rings is 1. The molecule has 0 saturated heterocycles. The third-order valence-electron chi connectivity index (χ3n) is 2.99. The first kappa shape index (κ1) is 13.8. The fourth-order valence-corrected chi connectivity index (χ4v) is 2.78. The van der Waals surface area contributed by atoms with Crippen molar-refractivity contribution in [1.29, 1.82) is 0 Å². The van der Waals surface area contributed by atoms with E-state index in [2.05, 4.69) is 10.3 Å². The van der Waals surface area contributed by atoms with Crippen molar-refractivity contribution < 1.29 is 10.2 Å². The van der Waals surface area contributed by atoms with Gasteiger partial charge in [0.2, 0.25) is 0 Å². The summed E-state index contributed by atoms with van der Waals surface area (Å²) < 4.78 is 0. The number of phenolic OH excluding ortho intramolecular Hbond substituents is 2. The Balaban J connectivity index is 2.12. The van der Waals surface area contributed by atoms with Crippen LogP contribution in [-0.4, -0.2) is 15.2 Å². The zero-order chi connectivity index (χ0) is 14.0. The second-order valence-electron chi connectivity index (χ2n) is 4.66. The number of phenols is 2. The predicted octanol–water partition coefficient (Wildman–Crippen LogP) is 3.27. The van der Waals surface area contributed by atoms with E-state index in [4.69, 9.17) is 0 Å². The van der Waals surface area contributed by atoms with E-state index in [0.717, 1.165) is 5.01 Å². The topological polar surface area (TPSA) is 65.4 Å². The van der Waals surface area contributed by atoms with Gasteiger partial charge in [-0.25, -0.2) is 4.98 Å². The average molecular weight is 278 g/mol. The summed E-state index contributed by atoms with van der Waals surface area (Å²) in [6.07, 6.45) is 1.86. The standard InChI is InChI=1S/C14H18N2O2S/c1-8-7-15-14(19-8)10(3)16-9(2)12-6-11(17)4-5-13(12)18/h4-7,9-10,16-18H,1-3H3. The van der Waals surface area contributed by atoms with Crippen molar-refractivity contribution in [3.63, 3.8) is 0 Å². The fourth-order valence-electron chi connectivity index (χ4n) is 2.00. The third-order valence-corrected chi connectivity index (χ3v) is 4.08. The van der Waals surface area contributed by atoms with Gasteiger partial charge in [-0.05, 0) is 39.0 Å². The first-order valence-electron chi connectivity index (χ1n) is 6.17. The quantitative estimate of drug-likeness (QED) is 0.751. The van der Waals surface area contributed by atoms with Gasteiger partial charge in [-0.2, -0.15) is 0 Å². The van der Waals surface area contributed by atoms with Crippen molar-refractivity contribution in [1.82, 2.24) is 10.3 Å². The second kappa shape index (κ2) is 5.59. The largest absolute Gasteiger partial charge is 0.508 e. The molecule has 5 heteroatoms. The first-order chi connectivity index (χ1) is 8.97. The fraction of sp³-hybridized carbons (Fsp3) is 0.357. The van der Waals surface area contributed by atoms with Crippen LogP contribution < -0.4 is 5.32 Å². The summed E-state index contributed by atoms with van der Waals surface area (Å²) in [6, 6.07) is 4.56. The summed E-state index contributed by atoms with van der Waals surface area (Å²) in [5.41, 5.74) is 0.681. The third kappa shape index (κ3) is 3.24. The lowest BCUT2D eigenvalue weighted by Gasteiger charge is -2.19. The number of rotatable bonds is 4. The van der Waals surface area contributed by atoms with Gasteiger partial charge in [-0.1, -0.05) is 0 Å². The number of aromatic nitrogens is 1. The van der Waals surface area contributed by atoms with Gasteiger partial charge in [0.1, 0.15) is 16.5 Å². The van der Waals surface area contributed by atoms with Crippen molar-refractivity contribution >= 4 is 11.3 Å². The Kier molecular flexibility index (Phi) is 4.07. The molecule has 0 saturated carbocycles. The van der Waals surface area contributed by atoms with Crippen molar-refractivity contribution in [2.24, 2.45) is 0 Å².